The number of carboxylic acid groups (broad SMARTS) is 1. The monoisotopic (exact) mass is 384 g/mol. The van der Waals surface area contributed by atoms with Crippen LogP contribution in [0.5, 0.6) is 0 Å². The van der Waals surface area contributed by atoms with Crippen molar-refractivity contribution < 1.29 is 54.2 Å². The molecule has 3 heterocycles. The summed E-state index contributed by atoms with van der Waals surface area (Å²) in [6, 6.07) is 1.37. The largest absolute Gasteiger partial charge is 1.00 e. The molecule has 0 unspecified atom stereocenters. The van der Waals surface area contributed by atoms with Gasteiger partial charge in [-0.25, -0.2) is 0 Å². The number of β-lactam (4-membered cyclic amide) rings is 1. The Labute approximate surface area is 178 Å². The number of nitrogens with zero attached hydrogens (tertiary/aromatic N) is 3. The normalized spacial score (nSPS) is 22.1. The van der Waals surface area contributed by atoms with Crippen LogP contribution in [-0.2, 0) is 20.9 Å². The molecule has 2 aliphatic heterocycles. The smallest absolute Gasteiger partial charge is 0.543 e. The molecule has 0 spiro atoms. The average molecular weight is 384 g/mol. The SMILES string of the molecule is CC(=O)NCCn1nc(C2=C(C(=O)[O-])N3C(=O)[C@H]([C@@H](C)O)[C@H]3C2)cc1C.[Na+]. The van der Waals surface area contributed by atoms with Crippen LogP contribution in [0, 0.1) is 12.8 Å². The Hall–Kier alpha value is -1.68. The molecule has 3 rings (SSSR count). The molecule has 1 aromatic rings. The second-order valence-corrected chi connectivity index (χ2v) is 6.74. The Morgan fingerprint density at radius 2 is 2.15 bits per heavy atom. The van der Waals surface area contributed by atoms with Gasteiger partial charge in [-0.3, -0.25) is 14.3 Å². The van der Waals surface area contributed by atoms with Gasteiger partial charge in [-0.15, -0.1) is 0 Å². The molecule has 0 aliphatic carbocycles. The zero-order valence-corrected chi connectivity index (χ0v) is 17.9. The number of aromatic nitrogens is 2. The van der Waals surface area contributed by atoms with Crippen LogP contribution in [0.2, 0.25) is 0 Å². The summed E-state index contributed by atoms with van der Waals surface area (Å²) in [5.74, 6) is -2.57. The minimum atomic E-state index is -1.43. The first-order valence-corrected chi connectivity index (χ1v) is 8.47. The summed E-state index contributed by atoms with van der Waals surface area (Å²) in [7, 11) is 0. The standard InChI is InChI=1S/C17H22N4O5.Na/c1-8-6-12(19-20(8)5-4-18-10(3)23)11-7-13-14(9(2)22)16(24)21(13)15(11)17(25)26;/h6,9,13-14,22H,4-5,7H2,1-3H3,(H,18,23)(H,25,26);/q;+1/p-1/t9-,13-,14-;/m1./s1. The molecule has 0 saturated carbocycles. The first-order valence-electron chi connectivity index (χ1n) is 8.47. The molecule has 9 nitrogen and oxygen atoms in total. The molecule has 1 aromatic heterocycles. The van der Waals surface area contributed by atoms with E-state index >= 15 is 0 Å². The van der Waals surface area contributed by atoms with Gasteiger partial charge in [0.25, 0.3) is 0 Å². The first-order chi connectivity index (χ1) is 12.2. The molecule has 0 radical (unpaired) electrons. The van der Waals surface area contributed by atoms with Crippen molar-refractivity contribution in [2.45, 2.75) is 45.9 Å². The number of carbonyl (C=O) groups is 3. The molecular weight excluding hydrogens is 363 g/mol. The first kappa shape index (κ1) is 21.6. The van der Waals surface area contributed by atoms with Crippen molar-refractivity contribution in [2.24, 2.45) is 5.92 Å². The third-order valence-electron chi connectivity index (χ3n) is 4.91. The quantitative estimate of drug-likeness (QED) is 0.375. The van der Waals surface area contributed by atoms with E-state index in [1.807, 2.05) is 6.92 Å². The molecule has 0 aromatic carbocycles. The van der Waals surface area contributed by atoms with Crippen molar-refractivity contribution in [3.05, 3.63) is 23.2 Å². The van der Waals surface area contributed by atoms with Crippen LogP contribution >= 0.6 is 0 Å². The van der Waals surface area contributed by atoms with E-state index in [2.05, 4.69) is 10.4 Å². The van der Waals surface area contributed by atoms with E-state index in [0.717, 1.165) is 5.69 Å². The van der Waals surface area contributed by atoms with Gasteiger partial charge < -0.3 is 25.2 Å². The molecule has 2 aliphatic rings. The molecule has 2 N–H and O–H groups in total. The predicted octanol–water partition coefficient (Wildman–Crippen LogP) is -4.60. The summed E-state index contributed by atoms with van der Waals surface area (Å²) in [4.78, 5) is 36.0. The van der Waals surface area contributed by atoms with Crippen molar-refractivity contribution in [1.29, 1.82) is 0 Å². The van der Waals surface area contributed by atoms with E-state index in [0.29, 0.717) is 30.8 Å². The van der Waals surface area contributed by atoms with Gasteiger partial charge in [0, 0.05) is 24.7 Å². The van der Waals surface area contributed by atoms with E-state index in [4.69, 9.17) is 0 Å². The Kier molecular flexibility index (Phi) is 6.51. The number of aliphatic hydroxyl groups excluding tert-OH is 1. The molecule has 2 amide bonds. The van der Waals surface area contributed by atoms with Crippen LogP contribution in [0.25, 0.3) is 5.57 Å². The number of amides is 2. The fourth-order valence-electron chi connectivity index (χ4n) is 3.71. The molecule has 3 atom stereocenters. The van der Waals surface area contributed by atoms with Crippen LogP contribution in [-0.4, -0.2) is 56.3 Å². The third-order valence-corrected chi connectivity index (χ3v) is 4.91. The number of aryl methyl sites for hydroxylation is 1. The third kappa shape index (κ3) is 3.82. The number of hydrogen-bond donors (Lipinski definition) is 2. The maximum absolute atomic E-state index is 12.2. The maximum atomic E-state index is 12.2. The Bertz CT molecular complexity index is 816. The summed E-state index contributed by atoms with van der Waals surface area (Å²) < 4.78 is 1.68. The van der Waals surface area contributed by atoms with Crippen molar-refractivity contribution >= 4 is 23.4 Å². The van der Waals surface area contributed by atoms with Crippen molar-refractivity contribution in [3.8, 4) is 0 Å². The molecule has 1 fully saturated rings. The van der Waals surface area contributed by atoms with Crippen LogP contribution in [0.15, 0.2) is 11.8 Å². The number of aliphatic hydroxyl groups is 1. The van der Waals surface area contributed by atoms with Gasteiger partial charge in [-0.05, 0) is 26.3 Å². The van der Waals surface area contributed by atoms with Crippen molar-refractivity contribution in [2.75, 3.05) is 6.54 Å². The Balaban J connectivity index is 0.00000261. The fraction of sp³-hybridized carbons (Fsp3) is 0.529. The number of rotatable bonds is 6. The number of nitrogens with one attached hydrogen (secondary N) is 1. The second kappa shape index (κ2) is 8.14. The molecule has 0 bridgehead atoms. The average Bonchev–Trinajstić information content (AvgIpc) is 3.05. The zero-order valence-electron chi connectivity index (χ0n) is 15.9. The van der Waals surface area contributed by atoms with Crippen LogP contribution < -0.4 is 40.0 Å². The van der Waals surface area contributed by atoms with Gasteiger partial charge in [-0.1, -0.05) is 0 Å². The number of hydrogen-bond acceptors (Lipinski definition) is 6. The van der Waals surface area contributed by atoms with Crippen LogP contribution in [0.1, 0.15) is 31.7 Å². The number of carboxylic acids is 1. The molecule has 10 heteroatoms. The van der Waals surface area contributed by atoms with E-state index < -0.39 is 23.9 Å². The van der Waals surface area contributed by atoms with Gasteiger partial charge >= 0.3 is 29.6 Å². The minimum Gasteiger partial charge on any atom is -0.543 e. The summed E-state index contributed by atoms with van der Waals surface area (Å²) in [5, 5.41) is 28.5. The zero-order chi connectivity index (χ0) is 19.2. The van der Waals surface area contributed by atoms with Gasteiger partial charge in [0.2, 0.25) is 11.8 Å². The molecule has 140 valence electrons. The van der Waals surface area contributed by atoms with Crippen LogP contribution in [0.3, 0.4) is 0 Å². The molecule has 1 saturated heterocycles. The van der Waals surface area contributed by atoms with E-state index in [1.165, 1.54) is 18.7 Å². The maximum Gasteiger partial charge on any atom is 1.00 e. The Morgan fingerprint density at radius 3 is 2.70 bits per heavy atom. The van der Waals surface area contributed by atoms with Gasteiger partial charge in [0.1, 0.15) is 0 Å². The number of fused-ring (bicyclic) bond motifs is 1. The van der Waals surface area contributed by atoms with Gasteiger partial charge in [0.05, 0.1) is 42.0 Å². The van der Waals surface area contributed by atoms with E-state index in [1.54, 1.807) is 10.7 Å². The summed E-state index contributed by atoms with van der Waals surface area (Å²) in [5.41, 5.74) is 1.55. The van der Waals surface area contributed by atoms with E-state index in [9.17, 15) is 24.6 Å². The molecule has 27 heavy (non-hydrogen) atoms. The van der Waals surface area contributed by atoms with E-state index in [-0.39, 0.29) is 47.2 Å². The second-order valence-electron chi connectivity index (χ2n) is 6.74. The summed E-state index contributed by atoms with van der Waals surface area (Å²) >= 11 is 0. The van der Waals surface area contributed by atoms with Crippen LogP contribution in [0.4, 0.5) is 0 Å². The predicted molar refractivity (Wildman–Crippen MR) is 88.0 cm³/mol. The number of carbonyl (C=O) groups excluding carboxylic acids is 3. The number of aliphatic carboxylic acids is 1. The van der Waals surface area contributed by atoms with Gasteiger partial charge in [0.15, 0.2) is 0 Å². The van der Waals surface area contributed by atoms with Crippen molar-refractivity contribution in [3.63, 3.8) is 0 Å². The fourth-order valence-corrected chi connectivity index (χ4v) is 3.71. The minimum absolute atomic E-state index is 0. The molecular formula is C17H21N4NaO5. The topological polar surface area (TPSA) is 128 Å². The Morgan fingerprint density at radius 1 is 1.48 bits per heavy atom. The van der Waals surface area contributed by atoms with Gasteiger partial charge in [-0.2, -0.15) is 5.10 Å². The summed E-state index contributed by atoms with van der Waals surface area (Å²) in [6.45, 7) is 5.63. The summed E-state index contributed by atoms with van der Waals surface area (Å²) in [6.07, 6.45) is -0.532. The van der Waals surface area contributed by atoms with Crippen molar-refractivity contribution in [1.82, 2.24) is 20.0 Å².